The summed E-state index contributed by atoms with van der Waals surface area (Å²) in [5, 5.41) is 8.00. The molecule has 1 saturated carbocycles. The van der Waals surface area contributed by atoms with E-state index in [4.69, 9.17) is 0 Å². The van der Waals surface area contributed by atoms with Crippen LogP contribution in [0.3, 0.4) is 0 Å². The van der Waals surface area contributed by atoms with Gasteiger partial charge >= 0.3 is 0 Å². The predicted octanol–water partition coefficient (Wildman–Crippen LogP) is 0.987. The van der Waals surface area contributed by atoms with Crippen LogP contribution in [0.5, 0.6) is 0 Å². The Balaban J connectivity index is 1.72. The Kier molecular flexibility index (Phi) is 2.24. The van der Waals surface area contributed by atoms with E-state index in [0.29, 0.717) is 12.0 Å². The van der Waals surface area contributed by atoms with E-state index in [0.717, 1.165) is 24.6 Å². The number of hydrogen-bond donors (Lipinski definition) is 1. The van der Waals surface area contributed by atoms with Crippen molar-refractivity contribution in [1.82, 2.24) is 20.1 Å². The molecule has 0 aromatic carbocycles. The number of aromatic nitrogens is 3. The molecule has 82 valence electrons. The number of hydrogen-bond acceptors (Lipinski definition) is 3. The lowest BCUT2D eigenvalue weighted by Crippen LogP contribution is -2.25. The fourth-order valence-corrected chi connectivity index (χ4v) is 2.28. The molecule has 0 amide bonds. The topological polar surface area (TPSA) is 42.7 Å². The average Bonchev–Trinajstić information content (AvgIpc) is 2.84. The SMILES string of the molecule is Cn1nc(C2CC2)nc1CC1CCCN1. The molecule has 0 bridgehead atoms. The summed E-state index contributed by atoms with van der Waals surface area (Å²) in [5.74, 6) is 2.89. The monoisotopic (exact) mass is 206 g/mol. The maximum Gasteiger partial charge on any atom is 0.154 e. The fraction of sp³-hybridized carbons (Fsp3) is 0.818. The Labute approximate surface area is 90.1 Å². The first-order chi connectivity index (χ1) is 7.33. The van der Waals surface area contributed by atoms with Crippen LogP contribution in [0.15, 0.2) is 0 Å². The van der Waals surface area contributed by atoms with Gasteiger partial charge in [-0.3, -0.25) is 4.68 Å². The molecule has 1 aromatic heterocycles. The van der Waals surface area contributed by atoms with Gasteiger partial charge in [0.05, 0.1) is 0 Å². The molecular formula is C11H18N4. The lowest BCUT2D eigenvalue weighted by atomic mass is 10.1. The molecule has 2 aliphatic rings. The van der Waals surface area contributed by atoms with E-state index in [-0.39, 0.29) is 0 Å². The highest BCUT2D eigenvalue weighted by Crippen LogP contribution is 2.38. The van der Waals surface area contributed by atoms with E-state index in [1.165, 1.54) is 25.7 Å². The summed E-state index contributed by atoms with van der Waals surface area (Å²) in [6, 6.07) is 0.625. The van der Waals surface area contributed by atoms with Crippen molar-refractivity contribution in [2.24, 2.45) is 7.05 Å². The van der Waals surface area contributed by atoms with Crippen molar-refractivity contribution in [3.63, 3.8) is 0 Å². The minimum atomic E-state index is 0.625. The third-order valence-electron chi connectivity index (χ3n) is 3.40. The van der Waals surface area contributed by atoms with Crippen LogP contribution in [-0.4, -0.2) is 27.4 Å². The van der Waals surface area contributed by atoms with Crippen molar-refractivity contribution in [3.05, 3.63) is 11.6 Å². The van der Waals surface area contributed by atoms with E-state index in [1.54, 1.807) is 0 Å². The standard InChI is InChI=1S/C11H18N4/c1-15-10(7-9-3-2-6-12-9)13-11(14-15)8-4-5-8/h8-9,12H,2-7H2,1H3. The molecule has 0 spiro atoms. The first-order valence-electron chi connectivity index (χ1n) is 5.96. The highest BCUT2D eigenvalue weighted by Gasteiger charge is 2.29. The van der Waals surface area contributed by atoms with Crippen LogP contribution in [0.4, 0.5) is 0 Å². The summed E-state index contributed by atoms with van der Waals surface area (Å²) in [4.78, 5) is 4.65. The second kappa shape index (κ2) is 3.59. The van der Waals surface area contributed by atoms with Crippen molar-refractivity contribution in [3.8, 4) is 0 Å². The second-order valence-electron chi connectivity index (χ2n) is 4.78. The molecule has 4 nitrogen and oxygen atoms in total. The Bertz CT molecular complexity index is 347. The van der Waals surface area contributed by atoms with Gasteiger partial charge in [-0.25, -0.2) is 4.98 Å². The molecule has 1 unspecified atom stereocenters. The van der Waals surface area contributed by atoms with Crippen LogP contribution in [0.2, 0.25) is 0 Å². The zero-order valence-corrected chi connectivity index (χ0v) is 9.24. The number of rotatable bonds is 3. The van der Waals surface area contributed by atoms with Crippen molar-refractivity contribution < 1.29 is 0 Å². The van der Waals surface area contributed by atoms with E-state index in [9.17, 15) is 0 Å². The summed E-state index contributed by atoms with van der Waals surface area (Å²) < 4.78 is 1.97. The first kappa shape index (κ1) is 9.33. The fourth-order valence-electron chi connectivity index (χ4n) is 2.28. The summed E-state index contributed by atoms with van der Waals surface area (Å²) >= 11 is 0. The molecule has 0 radical (unpaired) electrons. The van der Waals surface area contributed by atoms with Crippen LogP contribution in [0, 0.1) is 0 Å². The van der Waals surface area contributed by atoms with Crippen molar-refractivity contribution in [2.45, 2.75) is 44.1 Å². The highest BCUT2D eigenvalue weighted by atomic mass is 15.3. The van der Waals surface area contributed by atoms with Gasteiger partial charge < -0.3 is 5.32 Å². The van der Waals surface area contributed by atoms with Crippen molar-refractivity contribution in [2.75, 3.05) is 6.54 Å². The number of aryl methyl sites for hydroxylation is 1. The third kappa shape index (κ3) is 1.91. The molecule has 2 heterocycles. The average molecular weight is 206 g/mol. The van der Waals surface area contributed by atoms with Gasteiger partial charge in [-0.2, -0.15) is 5.10 Å². The predicted molar refractivity (Wildman–Crippen MR) is 57.7 cm³/mol. The van der Waals surface area contributed by atoms with Crippen LogP contribution >= 0.6 is 0 Å². The summed E-state index contributed by atoms with van der Waals surface area (Å²) in [6.45, 7) is 1.16. The Morgan fingerprint density at radius 2 is 2.27 bits per heavy atom. The number of nitrogens with zero attached hydrogens (tertiary/aromatic N) is 3. The summed E-state index contributed by atoms with van der Waals surface area (Å²) in [6.07, 6.45) is 6.19. The van der Waals surface area contributed by atoms with Crippen molar-refractivity contribution in [1.29, 1.82) is 0 Å². The van der Waals surface area contributed by atoms with Gasteiger partial charge in [0, 0.05) is 25.4 Å². The quantitative estimate of drug-likeness (QED) is 0.802. The molecule has 1 aliphatic carbocycles. The van der Waals surface area contributed by atoms with E-state index >= 15 is 0 Å². The zero-order valence-electron chi connectivity index (χ0n) is 9.24. The van der Waals surface area contributed by atoms with Gasteiger partial charge in [0.25, 0.3) is 0 Å². The molecule has 3 rings (SSSR count). The molecule has 1 atom stereocenters. The van der Waals surface area contributed by atoms with Gasteiger partial charge in [-0.1, -0.05) is 0 Å². The molecule has 1 N–H and O–H groups in total. The molecule has 4 heteroatoms. The smallest absolute Gasteiger partial charge is 0.154 e. The largest absolute Gasteiger partial charge is 0.314 e. The van der Waals surface area contributed by atoms with Crippen LogP contribution in [-0.2, 0) is 13.5 Å². The molecular weight excluding hydrogens is 188 g/mol. The molecule has 1 saturated heterocycles. The van der Waals surface area contributed by atoms with Gasteiger partial charge in [-0.15, -0.1) is 0 Å². The lowest BCUT2D eigenvalue weighted by molar-refractivity contribution is 0.562. The maximum absolute atomic E-state index is 4.65. The Morgan fingerprint density at radius 3 is 2.93 bits per heavy atom. The zero-order chi connectivity index (χ0) is 10.3. The Hall–Kier alpha value is -0.900. The van der Waals surface area contributed by atoms with Gasteiger partial charge in [-0.05, 0) is 32.2 Å². The minimum Gasteiger partial charge on any atom is -0.314 e. The van der Waals surface area contributed by atoms with Gasteiger partial charge in [0.1, 0.15) is 5.82 Å². The van der Waals surface area contributed by atoms with Crippen molar-refractivity contribution >= 4 is 0 Å². The Morgan fingerprint density at radius 1 is 1.40 bits per heavy atom. The second-order valence-corrected chi connectivity index (χ2v) is 4.78. The first-order valence-corrected chi connectivity index (χ1v) is 5.96. The summed E-state index contributed by atoms with van der Waals surface area (Å²) in [5.41, 5.74) is 0. The highest BCUT2D eigenvalue weighted by molar-refractivity contribution is 5.06. The lowest BCUT2D eigenvalue weighted by Gasteiger charge is -2.07. The molecule has 1 aliphatic heterocycles. The normalized spacial score (nSPS) is 26.1. The van der Waals surface area contributed by atoms with Gasteiger partial charge in [0.2, 0.25) is 0 Å². The maximum atomic E-state index is 4.65. The van der Waals surface area contributed by atoms with E-state index in [1.807, 2.05) is 11.7 Å². The van der Waals surface area contributed by atoms with Crippen LogP contribution in [0.1, 0.15) is 43.3 Å². The minimum absolute atomic E-state index is 0.625. The van der Waals surface area contributed by atoms with E-state index in [2.05, 4.69) is 15.4 Å². The van der Waals surface area contributed by atoms with Gasteiger partial charge in [0.15, 0.2) is 5.82 Å². The van der Waals surface area contributed by atoms with Crippen LogP contribution in [0.25, 0.3) is 0 Å². The summed E-state index contributed by atoms with van der Waals surface area (Å²) in [7, 11) is 2.02. The third-order valence-corrected chi connectivity index (χ3v) is 3.40. The number of nitrogens with one attached hydrogen (secondary N) is 1. The van der Waals surface area contributed by atoms with Crippen LogP contribution < -0.4 is 5.32 Å². The van der Waals surface area contributed by atoms with E-state index < -0.39 is 0 Å². The molecule has 2 fully saturated rings. The molecule has 15 heavy (non-hydrogen) atoms. The molecule has 1 aromatic rings.